The Morgan fingerprint density at radius 3 is 2.56 bits per heavy atom. The normalized spacial score (nSPS) is 27.1. The molecule has 1 heterocycles. The standard InChI is InChI=1S/C11H15F3N2/c1-7-2-4-9-8(6-7)3-5-10(16(9)15)11(12,13)14/h10H,1-6,15H2. The van der Waals surface area contributed by atoms with Crippen LogP contribution in [-0.2, 0) is 0 Å². The first kappa shape index (κ1) is 11.5. The molecule has 2 nitrogen and oxygen atoms in total. The number of alkyl halides is 3. The van der Waals surface area contributed by atoms with Gasteiger partial charge in [-0.3, -0.25) is 0 Å². The SMILES string of the molecule is C=C1CCC2=C(CCC(C(F)(F)F)N2N)C1. The zero-order valence-electron chi connectivity index (χ0n) is 8.98. The molecule has 2 rings (SSSR count). The number of rotatable bonds is 0. The maximum Gasteiger partial charge on any atom is 0.410 e. The molecule has 0 fully saturated rings. The van der Waals surface area contributed by atoms with Crippen molar-refractivity contribution < 1.29 is 13.2 Å². The van der Waals surface area contributed by atoms with Crippen LogP contribution in [0.3, 0.4) is 0 Å². The van der Waals surface area contributed by atoms with Crippen molar-refractivity contribution in [2.24, 2.45) is 5.84 Å². The third-order valence-corrected chi connectivity index (χ3v) is 3.33. The van der Waals surface area contributed by atoms with Gasteiger partial charge in [0.05, 0.1) is 0 Å². The second-order valence-electron chi connectivity index (χ2n) is 4.48. The summed E-state index contributed by atoms with van der Waals surface area (Å²) in [6, 6.07) is -1.52. The Morgan fingerprint density at radius 2 is 1.94 bits per heavy atom. The van der Waals surface area contributed by atoms with Gasteiger partial charge >= 0.3 is 6.18 Å². The molecule has 0 aromatic heterocycles. The van der Waals surface area contributed by atoms with Crippen LogP contribution in [0, 0.1) is 0 Å². The number of allylic oxidation sites excluding steroid dienone is 3. The molecule has 0 aromatic carbocycles. The number of halogens is 3. The largest absolute Gasteiger partial charge is 0.410 e. The first-order valence-corrected chi connectivity index (χ1v) is 5.38. The van der Waals surface area contributed by atoms with E-state index in [4.69, 9.17) is 5.84 Å². The molecule has 0 saturated carbocycles. The van der Waals surface area contributed by atoms with Crippen molar-refractivity contribution >= 4 is 0 Å². The maximum absolute atomic E-state index is 12.7. The summed E-state index contributed by atoms with van der Waals surface area (Å²) in [6.45, 7) is 3.88. The van der Waals surface area contributed by atoms with E-state index in [1.165, 1.54) is 0 Å². The number of hydrazine groups is 1. The molecule has 0 spiro atoms. The summed E-state index contributed by atoms with van der Waals surface area (Å²) in [7, 11) is 0. The molecule has 1 aliphatic carbocycles. The molecule has 1 aliphatic heterocycles. The summed E-state index contributed by atoms with van der Waals surface area (Å²) in [5, 5.41) is 0.936. The lowest BCUT2D eigenvalue weighted by Gasteiger charge is -2.40. The summed E-state index contributed by atoms with van der Waals surface area (Å²) in [5.74, 6) is 5.59. The molecule has 2 N–H and O–H groups in total. The van der Waals surface area contributed by atoms with Crippen molar-refractivity contribution in [1.82, 2.24) is 5.01 Å². The molecule has 0 aromatic rings. The molecular formula is C11H15F3N2. The molecule has 0 bridgehead atoms. The lowest BCUT2D eigenvalue weighted by Crippen LogP contribution is -2.51. The van der Waals surface area contributed by atoms with Crippen LogP contribution in [0.25, 0.3) is 0 Å². The zero-order chi connectivity index (χ0) is 11.9. The Balaban J connectivity index is 2.23. The summed E-state index contributed by atoms with van der Waals surface area (Å²) >= 11 is 0. The van der Waals surface area contributed by atoms with Gasteiger partial charge in [0.15, 0.2) is 0 Å². The fourth-order valence-electron chi connectivity index (χ4n) is 2.47. The molecule has 0 saturated heterocycles. The Kier molecular flexibility index (Phi) is 2.74. The summed E-state index contributed by atoms with van der Waals surface area (Å²) < 4.78 is 38.0. The highest BCUT2D eigenvalue weighted by Gasteiger charge is 2.45. The Morgan fingerprint density at radius 1 is 1.25 bits per heavy atom. The van der Waals surface area contributed by atoms with Gasteiger partial charge in [0, 0.05) is 5.70 Å². The van der Waals surface area contributed by atoms with Crippen LogP contribution in [-0.4, -0.2) is 17.2 Å². The quantitative estimate of drug-likeness (QED) is 0.514. The minimum Gasteiger partial charge on any atom is -0.303 e. The lowest BCUT2D eigenvalue weighted by atomic mass is 9.85. The molecule has 90 valence electrons. The van der Waals surface area contributed by atoms with Crippen molar-refractivity contribution in [3.05, 3.63) is 23.4 Å². The third-order valence-electron chi connectivity index (χ3n) is 3.33. The van der Waals surface area contributed by atoms with Crippen molar-refractivity contribution in [3.63, 3.8) is 0 Å². The average molecular weight is 232 g/mol. The van der Waals surface area contributed by atoms with E-state index in [0.717, 1.165) is 22.6 Å². The van der Waals surface area contributed by atoms with E-state index in [1.807, 2.05) is 0 Å². The van der Waals surface area contributed by atoms with Crippen molar-refractivity contribution in [2.45, 2.75) is 44.3 Å². The Labute approximate surface area is 92.6 Å². The van der Waals surface area contributed by atoms with Gasteiger partial charge in [0.2, 0.25) is 0 Å². The zero-order valence-corrected chi connectivity index (χ0v) is 8.98. The van der Waals surface area contributed by atoms with Crippen LogP contribution < -0.4 is 5.84 Å². The van der Waals surface area contributed by atoms with Crippen LogP contribution in [0.2, 0.25) is 0 Å². The topological polar surface area (TPSA) is 29.3 Å². The predicted octanol–water partition coefficient (Wildman–Crippen LogP) is 2.88. The van der Waals surface area contributed by atoms with Gasteiger partial charge in [-0.2, -0.15) is 13.2 Å². The van der Waals surface area contributed by atoms with Gasteiger partial charge in [0.1, 0.15) is 6.04 Å². The lowest BCUT2D eigenvalue weighted by molar-refractivity contribution is -0.183. The van der Waals surface area contributed by atoms with Gasteiger partial charge in [-0.05, 0) is 37.7 Å². The molecule has 5 heteroatoms. The van der Waals surface area contributed by atoms with Crippen LogP contribution in [0.15, 0.2) is 23.4 Å². The first-order valence-electron chi connectivity index (χ1n) is 5.38. The molecule has 16 heavy (non-hydrogen) atoms. The van der Waals surface area contributed by atoms with Crippen LogP contribution in [0.5, 0.6) is 0 Å². The third kappa shape index (κ3) is 1.96. The van der Waals surface area contributed by atoms with Gasteiger partial charge < -0.3 is 5.01 Å². The Hall–Kier alpha value is -0.970. The number of hydrogen-bond donors (Lipinski definition) is 1. The molecule has 1 atom stereocenters. The van der Waals surface area contributed by atoms with Crippen LogP contribution in [0.1, 0.15) is 32.1 Å². The smallest absolute Gasteiger partial charge is 0.303 e. The minimum absolute atomic E-state index is 0.0616. The van der Waals surface area contributed by atoms with Gasteiger partial charge in [-0.1, -0.05) is 12.2 Å². The summed E-state index contributed by atoms with van der Waals surface area (Å²) in [5.41, 5.74) is 2.82. The molecular weight excluding hydrogens is 217 g/mol. The van der Waals surface area contributed by atoms with E-state index in [2.05, 4.69) is 6.58 Å². The molecule has 2 aliphatic rings. The van der Waals surface area contributed by atoms with Gasteiger partial charge in [-0.25, -0.2) is 5.84 Å². The first-order chi connectivity index (χ1) is 7.39. The van der Waals surface area contributed by atoms with Crippen LogP contribution in [0.4, 0.5) is 13.2 Å². The average Bonchev–Trinajstić information content (AvgIpc) is 2.15. The second-order valence-corrected chi connectivity index (χ2v) is 4.48. The number of nitrogens with zero attached hydrogens (tertiary/aromatic N) is 1. The summed E-state index contributed by atoms with van der Waals surface area (Å²) in [6.07, 6.45) is -1.62. The van der Waals surface area contributed by atoms with Gasteiger partial charge in [-0.15, -0.1) is 0 Å². The van der Waals surface area contributed by atoms with E-state index in [-0.39, 0.29) is 6.42 Å². The predicted molar refractivity (Wildman–Crippen MR) is 55.1 cm³/mol. The van der Waals surface area contributed by atoms with Crippen molar-refractivity contribution in [1.29, 1.82) is 0 Å². The highest BCUT2D eigenvalue weighted by Crippen LogP contribution is 2.40. The van der Waals surface area contributed by atoms with Crippen LogP contribution >= 0.6 is 0 Å². The monoisotopic (exact) mass is 232 g/mol. The number of hydrogen-bond acceptors (Lipinski definition) is 2. The molecule has 0 amide bonds. The summed E-state index contributed by atoms with van der Waals surface area (Å²) in [4.78, 5) is 0. The minimum atomic E-state index is -4.23. The maximum atomic E-state index is 12.7. The van der Waals surface area contributed by atoms with E-state index >= 15 is 0 Å². The van der Waals surface area contributed by atoms with E-state index in [1.54, 1.807) is 0 Å². The van der Waals surface area contributed by atoms with Crippen molar-refractivity contribution in [2.75, 3.05) is 0 Å². The van der Waals surface area contributed by atoms with E-state index in [0.29, 0.717) is 25.0 Å². The van der Waals surface area contributed by atoms with E-state index in [9.17, 15) is 13.2 Å². The Bertz CT molecular complexity index is 344. The fourth-order valence-corrected chi connectivity index (χ4v) is 2.47. The van der Waals surface area contributed by atoms with Gasteiger partial charge in [0.25, 0.3) is 0 Å². The van der Waals surface area contributed by atoms with Crippen molar-refractivity contribution in [3.8, 4) is 0 Å². The highest BCUT2D eigenvalue weighted by molar-refractivity contribution is 5.27. The molecule has 0 radical (unpaired) electrons. The highest BCUT2D eigenvalue weighted by atomic mass is 19.4. The number of nitrogens with two attached hydrogens (primary N) is 1. The fraction of sp³-hybridized carbons (Fsp3) is 0.636. The van der Waals surface area contributed by atoms with E-state index < -0.39 is 12.2 Å². The molecule has 1 unspecified atom stereocenters. The second kappa shape index (κ2) is 3.80.